The lowest BCUT2D eigenvalue weighted by Crippen LogP contribution is -2.32. The fourth-order valence-corrected chi connectivity index (χ4v) is 2.65. The van der Waals surface area contributed by atoms with Crippen LogP contribution < -0.4 is 0 Å². The predicted molar refractivity (Wildman–Crippen MR) is 121 cm³/mol. The van der Waals surface area contributed by atoms with Gasteiger partial charge < -0.3 is 33.3 Å². The van der Waals surface area contributed by atoms with Gasteiger partial charge >= 0.3 is 11.9 Å². The summed E-state index contributed by atoms with van der Waals surface area (Å²) in [6.45, 7) is 9.29. The summed E-state index contributed by atoms with van der Waals surface area (Å²) in [5.74, 6) is -1.94. The minimum atomic E-state index is -0.699. The van der Waals surface area contributed by atoms with E-state index in [-0.39, 0.29) is 38.4 Å². The van der Waals surface area contributed by atoms with Gasteiger partial charge in [0.1, 0.15) is 5.60 Å². The smallest absolute Gasteiger partial charge is 0.335 e. The number of imide groups is 1. The lowest BCUT2D eigenvalue weighted by molar-refractivity contribution is -0.198. The van der Waals surface area contributed by atoms with Crippen molar-refractivity contribution in [3.8, 4) is 0 Å². The van der Waals surface area contributed by atoms with E-state index < -0.39 is 23.4 Å². The molecular weight excluding hydrogens is 466 g/mol. The highest BCUT2D eigenvalue weighted by Crippen LogP contribution is 2.12. The van der Waals surface area contributed by atoms with E-state index in [0.29, 0.717) is 70.8 Å². The zero-order valence-corrected chi connectivity index (χ0v) is 21.0. The van der Waals surface area contributed by atoms with Crippen molar-refractivity contribution < 1.29 is 52.4 Å². The number of carbonyl (C=O) groups is 4. The van der Waals surface area contributed by atoms with Gasteiger partial charge in [0.2, 0.25) is 0 Å². The van der Waals surface area contributed by atoms with Gasteiger partial charge in [0.05, 0.1) is 65.9 Å². The molecule has 0 radical (unpaired) electrons. The van der Waals surface area contributed by atoms with Crippen LogP contribution in [0.1, 0.15) is 52.9 Å². The first-order chi connectivity index (χ1) is 16.7. The summed E-state index contributed by atoms with van der Waals surface area (Å²) in [6, 6.07) is 0. The Labute approximate surface area is 206 Å². The van der Waals surface area contributed by atoms with E-state index in [0.717, 1.165) is 0 Å². The summed E-state index contributed by atoms with van der Waals surface area (Å²) in [5, 5.41) is 0.515. The first kappa shape index (κ1) is 30.9. The molecule has 12 nitrogen and oxygen atoms in total. The Morgan fingerprint density at radius 1 is 0.657 bits per heavy atom. The number of hydrogen-bond acceptors (Lipinski definition) is 11. The Morgan fingerprint density at radius 3 is 1.54 bits per heavy atom. The summed E-state index contributed by atoms with van der Waals surface area (Å²) in [6.07, 6.45) is 0.993. The fraction of sp³-hybridized carbons (Fsp3) is 0.826. The molecule has 1 saturated heterocycles. The van der Waals surface area contributed by atoms with Gasteiger partial charge in [-0.15, -0.1) is 5.06 Å². The second-order valence-corrected chi connectivity index (χ2v) is 8.55. The van der Waals surface area contributed by atoms with Crippen LogP contribution in [0.2, 0.25) is 0 Å². The van der Waals surface area contributed by atoms with E-state index in [9.17, 15) is 19.2 Å². The van der Waals surface area contributed by atoms with Crippen molar-refractivity contribution in [1.82, 2.24) is 5.06 Å². The van der Waals surface area contributed by atoms with Crippen LogP contribution in [0, 0.1) is 0 Å². The second-order valence-electron chi connectivity index (χ2n) is 8.55. The van der Waals surface area contributed by atoms with Crippen LogP contribution in [0.5, 0.6) is 0 Å². The molecular formula is C23H39NO11. The van der Waals surface area contributed by atoms with Crippen LogP contribution in [0.15, 0.2) is 0 Å². The average Bonchev–Trinajstić information content (AvgIpc) is 3.09. The molecule has 2 amide bonds. The number of hydroxylamine groups is 2. The molecule has 0 bridgehead atoms. The summed E-state index contributed by atoms with van der Waals surface area (Å²) in [5.41, 5.74) is -0.462. The third kappa shape index (κ3) is 17.0. The lowest BCUT2D eigenvalue weighted by Gasteiger charge is -2.19. The number of ether oxygens (including phenoxy) is 6. The van der Waals surface area contributed by atoms with E-state index in [1.165, 1.54) is 0 Å². The first-order valence-corrected chi connectivity index (χ1v) is 11.9. The fourth-order valence-electron chi connectivity index (χ4n) is 2.65. The van der Waals surface area contributed by atoms with Crippen molar-refractivity contribution in [2.24, 2.45) is 0 Å². The molecule has 1 fully saturated rings. The molecule has 202 valence electrons. The molecule has 12 heteroatoms. The molecule has 35 heavy (non-hydrogen) atoms. The maximum atomic E-state index is 11.6. The van der Waals surface area contributed by atoms with E-state index in [2.05, 4.69) is 0 Å². The third-order valence-electron chi connectivity index (χ3n) is 4.23. The van der Waals surface area contributed by atoms with Crippen LogP contribution in [0.25, 0.3) is 0 Å². The van der Waals surface area contributed by atoms with Gasteiger partial charge in [-0.1, -0.05) is 0 Å². The largest absolute Gasteiger partial charge is 0.460 e. The standard InChI is InChI=1S/C23H39NO11/c1-23(2,3)34-21(27)5-4-9-29-11-13-31-15-17-33-18-16-32-14-12-30-10-8-22(28)35-24-19(25)6-7-20(24)26/h4-18H2,1-3H3. The SMILES string of the molecule is CC(C)(C)OC(=O)CCCOCCOCCOCCOCCOCCC(=O)ON1C(=O)CCC1=O. The van der Waals surface area contributed by atoms with E-state index >= 15 is 0 Å². The summed E-state index contributed by atoms with van der Waals surface area (Å²) >= 11 is 0. The monoisotopic (exact) mass is 505 g/mol. The van der Waals surface area contributed by atoms with Gasteiger partial charge in [0, 0.05) is 25.9 Å². The van der Waals surface area contributed by atoms with Gasteiger partial charge in [0.15, 0.2) is 0 Å². The Kier molecular flexibility index (Phi) is 16.1. The van der Waals surface area contributed by atoms with Crippen molar-refractivity contribution >= 4 is 23.8 Å². The first-order valence-electron chi connectivity index (χ1n) is 11.9. The normalized spacial score (nSPS) is 14.0. The van der Waals surface area contributed by atoms with Crippen molar-refractivity contribution in [3.05, 3.63) is 0 Å². The highest BCUT2D eigenvalue weighted by Gasteiger charge is 2.32. The van der Waals surface area contributed by atoms with Crippen LogP contribution in [-0.2, 0) is 52.4 Å². The summed E-state index contributed by atoms with van der Waals surface area (Å²) < 4.78 is 32.0. The molecule has 0 saturated carbocycles. The van der Waals surface area contributed by atoms with Gasteiger partial charge in [0.25, 0.3) is 11.8 Å². The van der Waals surface area contributed by atoms with Gasteiger partial charge in [-0.05, 0) is 27.2 Å². The van der Waals surface area contributed by atoms with Crippen LogP contribution >= 0.6 is 0 Å². The average molecular weight is 506 g/mol. The highest BCUT2D eigenvalue weighted by molar-refractivity contribution is 6.01. The number of carbonyl (C=O) groups excluding carboxylic acids is 4. The van der Waals surface area contributed by atoms with Crippen molar-refractivity contribution in [1.29, 1.82) is 0 Å². The van der Waals surface area contributed by atoms with Crippen LogP contribution in [-0.4, -0.2) is 100 Å². The topological polar surface area (TPSA) is 136 Å². The maximum Gasteiger partial charge on any atom is 0.335 e. The molecule has 0 aromatic rings. The van der Waals surface area contributed by atoms with Crippen molar-refractivity contribution in [3.63, 3.8) is 0 Å². The summed E-state index contributed by atoms with van der Waals surface area (Å²) in [4.78, 5) is 50.5. The summed E-state index contributed by atoms with van der Waals surface area (Å²) in [7, 11) is 0. The Bertz CT molecular complexity index is 632. The Hall–Kier alpha value is -2.12. The molecule has 0 aromatic carbocycles. The van der Waals surface area contributed by atoms with Gasteiger partial charge in [-0.3, -0.25) is 14.4 Å². The second kappa shape index (κ2) is 18.2. The maximum absolute atomic E-state index is 11.6. The molecule has 0 aliphatic carbocycles. The zero-order valence-electron chi connectivity index (χ0n) is 21.0. The molecule has 1 aliphatic rings. The van der Waals surface area contributed by atoms with Crippen LogP contribution in [0.3, 0.4) is 0 Å². The predicted octanol–water partition coefficient (Wildman–Crippen LogP) is 1.19. The number of hydrogen-bond donors (Lipinski definition) is 0. The third-order valence-corrected chi connectivity index (χ3v) is 4.23. The zero-order chi connectivity index (χ0) is 25.9. The van der Waals surface area contributed by atoms with Crippen molar-refractivity contribution in [2.45, 2.75) is 58.5 Å². The molecule has 0 spiro atoms. The number of amides is 2. The Balaban J connectivity index is 1.77. The molecule has 0 atom stereocenters. The quantitative estimate of drug-likeness (QED) is 0.134. The molecule has 1 rings (SSSR count). The number of rotatable bonds is 20. The van der Waals surface area contributed by atoms with E-state index in [1.54, 1.807) is 0 Å². The van der Waals surface area contributed by atoms with E-state index in [4.69, 9.17) is 33.3 Å². The molecule has 0 unspecified atom stereocenters. The molecule has 0 N–H and O–H groups in total. The Morgan fingerprint density at radius 2 is 1.09 bits per heavy atom. The van der Waals surface area contributed by atoms with Crippen molar-refractivity contribution in [2.75, 3.05) is 66.1 Å². The van der Waals surface area contributed by atoms with Gasteiger partial charge in [-0.25, -0.2) is 4.79 Å². The molecule has 1 heterocycles. The molecule has 0 aromatic heterocycles. The van der Waals surface area contributed by atoms with Crippen LogP contribution in [0.4, 0.5) is 0 Å². The van der Waals surface area contributed by atoms with E-state index in [1.807, 2.05) is 20.8 Å². The van der Waals surface area contributed by atoms with Gasteiger partial charge in [-0.2, -0.15) is 0 Å². The highest BCUT2D eigenvalue weighted by atomic mass is 16.7. The minimum Gasteiger partial charge on any atom is -0.460 e. The number of nitrogens with zero attached hydrogens (tertiary/aromatic N) is 1. The minimum absolute atomic E-state index is 0.0611. The number of esters is 1. The lowest BCUT2D eigenvalue weighted by atomic mass is 10.2. The molecule has 1 aliphatic heterocycles.